The molecule has 2 rings (SSSR count). The first-order valence-corrected chi connectivity index (χ1v) is 6.90. The molecule has 1 atom stereocenters. The molecule has 1 aromatic carbocycles. The molecule has 1 heterocycles. The van der Waals surface area contributed by atoms with Gasteiger partial charge in [0, 0.05) is 25.0 Å². The number of H-pyrrole nitrogens is 1. The zero-order valence-electron chi connectivity index (χ0n) is 12.0. The van der Waals surface area contributed by atoms with Crippen LogP contribution in [-0.2, 0) is 12.7 Å². The van der Waals surface area contributed by atoms with E-state index in [-0.39, 0.29) is 12.0 Å². The van der Waals surface area contributed by atoms with Crippen molar-refractivity contribution in [2.45, 2.75) is 32.6 Å². The number of halogens is 3. The molecule has 5 heteroatoms. The maximum Gasteiger partial charge on any atom is 0.416 e. The highest BCUT2D eigenvalue weighted by Gasteiger charge is 2.30. The molecular weight excluding hydrogens is 277 g/mol. The predicted octanol–water partition coefficient (Wildman–Crippen LogP) is 4.52. The number of benzene rings is 1. The van der Waals surface area contributed by atoms with Crippen LogP contribution in [0, 0.1) is 5.92 Å². The summed E-state index contributed by atoms with van der Waals surface area (Å²) < 4.78 is 37.8. The van der Waals surface area contributed by atoms with E-state index in [1.165, 1.54) is 0 Å². The highest BCUT2D eigenvalue weighted by atomic mass is 19.4. The minimum Gasteiger partial charge on any atom is -0.367 e. The van der Waals surface area contributed by atoms with Crippen LogP contribution < -0.4 is 5.32 Å². The van der Waals surface area contributed by atoms with Crippen LogP contribution >= 0.6 is 0 Å². The summed E-state index contributed by atoms with van der Waals surface area (Å²) in [5, 5.41) is 3.39. The molecule has 0 bridgehead atoms. The van der Waals surface area contributed by atoms with E-state index in [4.69, 9.17) is 0 Å². The van der Waals surface area contributed by atoms with Gasteiger partial charge >= 0.3 is 6.18 Å². The van der Waals surface area contributed by atoms with Crippen molar-refractivity contribution in [2.24, 2.45) is 5.92 Å². The van der Waals surface area contributed by atoms with Gasteiger partial charge in [-0.1, -0.05) is 26.0 Å². The monoisotopic (exact) mass is 296 g/mol. The van der Waals surface area contributed by atoms with Crippen molar-refractivity contribution >= 4 is 0 Å². The number of rotatable bonds is 5. The van der Waals surface area contributed by atoms with Gasteiger partial charge in [-0.05, 0) is 35.2 Å². The number of hydrogen-bond acceptors (Lipinski definition) is 1. The smallest absolute Gasteiger partial charge is 0.367 e. The minimum absolute atomic E-state index is 0.0159. The van der Waals surface area contributed by atoms with Crippen molar-refractivity contribution in [3.8, 4) is 0 Å². The molecule has 2 nitrogen and oxygen atoms in total. The lowest BCUT2D eigenvalue weighted by atomic mass is 9.95. The van der Waals surface area contributed by atoms with Crippen molar-refractivity contribution in [1.82, 2.24) is 10.3 Å². The van der Waals surface area contributed by atoms with Crippen LogP contribution in [0.1, 0.15) is 36.6 Å². The zero-order chi connectivity index (χ0) is 15.5. The average molecular weight is 296 g/mol. The first kappa shape index (κ1) is 15.6. The molecule has 0 spiro atoms. The van der Waals surface area contributed by atoms with Gasteiger partial charge in [-0.3, -0.25) is 0 Å². The number of hydrogen-bond donors (Lipinski definition) is 2. The van der Waals surface area contributed by atoms with Gasteiger partial charge in [0.05, 0.1) is 5.56 Å². The molecule has 0 saturated carbocycles. The third-order valence-electron chi connectivity index (χ3n) is 3.45. The molecule has 0 radical (unpaired) electrons. The van der Waals surface area contributed by atoms with E-state index >= 15 is 0 Å². The molecule has 0 aliphatic heterocycles. The predicted molar refractivity (Wildman–Crippen MR) is 76.7 cm³/mol. The Morgan fingerprint density at radius 2 is 1.76 bits per heavy atom. The molecule has 0 aliphatic carbocycles. The molecule has 114 valence electrons. The lowest BCUT2D eigenvalue weighted by Gasteiger charge is -2.23. The second-order valence-corrected chi connectivity index (χ2v) is 5.44. The highest BCUT2D eigenvalue weighted by Crippen LogP contribution is 2.31. The van der Waals surface area contributed by atoms with Crippen LogP contribution in [0.5, 0.6) is 0 Å². The van der Waals surface area contributed by atoms with Crippen LogP contribution in [-0.4, -0.2) is 4.98 Å². The Bertz CT molecular complexity index is 542. The summed E-state index contributed by atoms with van der Waals surface area (Å²) in [6.07, 6.45) is -0.541. The van der Waals surface area contributed by atoms with E-state index in [2.05, 4.69) is 10.3 Å². The minimum atomic E-state index is -4.29. The van der Waals surface area contributed by atoms with Gasteiger partial charge in [-0.25, -0.2) is 0 Å². The first-order chi connectivity index (χ1) is 9.88. The van der Waals surface area contributed by atoms with Crippen LogP contribution in [0.3, 0.4) is 0 Å². The van der Waals surface area contributed by atoms with Crippen molar-refractivity contribution in [1.29, 1.82) is 0 Å². The van der Waals surface area contributed by atoms with Gasteiger partial charge in [-0.15, -0.1) is 0 Å². The Hall–Kier alpha value is -1.75. The molecular formula is C16H19F3N2. The van der Waals surface area contributed by atoms with E-state index in [1.807, 2.05) is 32.3 Å². The summed E-state index contributed by atoms with van der Waals surface area (Å²) >= 11 is 0. The van der Waals surface area contributed by atoms with E-state index < -0.39 is 11.7 Å². The lowest BCUT2D eigenvalue weighted by molar-refractivity contribution is -0.137. The van der Waals surface area contributed by atoms with Crippen LogP contribution in [0.15, 0.2) is 42.7 Å². The summed E-state index contributed by atoms with van der Waals surface area (Å²) in [6, 6.07) is 7.37. The molecule has 2 N–H and O–H groups in total. The van der Waals surface area contributed by atoms with E-state index in [9.17, 15) is 13.2 Å². The van der Waals surface area contributed by atoms with Crippen LogP contribution in [0.25, 0.3) is 0 Å². The summed E-state index contributed by atoms with van der Waals surface area (Å²) in [4.78, 5) is 2.98. The molecule has 0 aliphatic rings. The Balaban J connectivity index is 2.11. The van der Waals surface area contributed by atoms with Gasteiger partial charge in [0.15, 0.2) is 0 Å². The highest BCUT2D eigenvalue weighted by molar-refractivity contribution is 5.27. The summed E-state index contributed by atoms with van der Waals surface area (Å²) in [6.45, 7) is 4.77. The molecule has 21 heavy (non-hydrogen) atoms. The van der Waals surface area contributed by atoms with Crippen LogP contribution in [0.4, 0.5) is 13.2 Å². The fourth-order valence-electron chi connectivity index (χ4n) is 2.31. The van der Waals surface area contributed by atoms with E-state index in [1.54, 1.807) is 12.1 Å². The third kappa shape index (κ3) is 4.11. The molecule has 2 aromatic rings. The van der Waals surface area contributed by atoms with E-state index in [0.29, 0.717) is 6.54 Å². The average Bonchev–Trinajstić information content (AvgIpc) is 2.91. The van der Waals surface area contributed by atoms with Gasteiger partial charge in [0.25, 0.3) is 0 Å². The van der Waals surface area contributed by atoms with Gasteiger partial charge < -0.3 is 10.3 Å². The van der Waals surface area contributed by atoms with Gasteiger partial charge in [0.1, 0.15) is 0 Å². The molecule has 0 amide bonds. The number of nitrogens with one attached hydrogen (secondary N) is 2. The van der Waals surface area contributed by atoms with Gasteiger partial charge in [0.2, 0.25) is 0 Å². The third-order valence-corrected chi connectivity index (χ3v) is 3.45. The Morgan fingerprint density at radius 1 is 1.10 bits per heavy atom. The normalized spacial score (nSPS) is 13.6. The largest absolute Gasteiger partial charge is 0.416 e. The summed E-state index contributed by atoms with van der Waals surface area (Å²) in [5.41, 5.74) is 1.38. The number of aromatic amines is 1. The molecule has 1 unspecified atom stereocenters. The fraction of sp³-hybridized carbons (Fsp3) is 0.375. The maximum absolute atomic E-state index is 12.6. The maximum atomic E-state index is 12.6. The topological polar surface area (TPSA) is 27.8 Å². The van der Waals surface area contributed by atoms with Crippen molar-refractivity contribution < 1.29 is 13.2 Å². The zero-order valence-corrected chi connectivity index (χ0v) is 12.0. The number of aromatic nitrogens is 1. The van der Waals surface area contributed by atoms with Crippen molar-refractivity contribution in [3.63, 3.8) is 0 Å². The Kier molecular flexibility index (Phi) is 4.73. The molecule has 1 aromatic heterocycles. The molecule has 0 fully saturated rings. The van der Waals surface area contributed by atoms with Crippen molar-refractivity contribution in [2.75, 3.05) is 0 Å². The quantitative estimate of drug-likeness (QED) is 0.834. The lowest BCUT2D eigenvalue weighted by Crippen LogP contribution is -2.25. The SMILES string of the molecule is CC(C)C(NCc1cc[nH]c1)c1ccc(C(F)(F)F)cc1. The second-order valence-electron chi connectivity index (χ2n) is 5.44. The van der Waals surface area contributed by atoms with Crippen LogP contribution in [0.2, 0.25) is 0 Å². The van der Waals surface area contributed by atoms with E-state index in [0.717, 1.165) is 23.3 Å². The first-order valence-electron chi connectivity index (χ1n) is 6.90. The summed E-state index contributed by atoms with van der Waals surface area (Å²) in [7, 11) is 0. The summed E-state index contributed by atoms with van der Waals surface area (Å²) in [5.74, 6) is 0.278. The second kappa shape index (κ2) is 6.35. The Morgan fingerprint density at radius 3 is 2.24 bits per heavy atom. The molecule has 0 saturated heterocycles. The Labute approximate surface area is 122 Å². The standard InChI is InChI=1S/C16H19F3N2/c1-11(2)15(21-10-12-7-8-20-9-12)13-3-5-14(6-4-13)16(17,18)19/h3-9,11,15,20-21H,10H2,1-2H3. The fourth-order valence-corrected chi connectivity index (χ4v) is 2.31. The number of alkyl halides is 3. The van der Waals surface area contributed by atoms with Gasteiger partial charge in [-0.2, -0.15) is 13.2 Å². The van der Waals surface area contributed by atoms with Crippen molar-refractivity contribution in [3.05, 3.63) is 59.4 Å².